The van der Waals surface area contributed by atoms with Crippen LogP contribution in [0.1, 0.15) is 5.56 Å². The number of amides is 2. The highest BCUT2D eigenvalue weighted by Gasteiger charge is 2.16. The first-order chi connectivity index (χ1) is 10.1. The lowest BCUT2D eigenvalue weighted by molar-refractivity contribution is -0.147. The Balaban J connectivity index is 2.25. The van der Waals surface area contributed by atoms with Crippen LogP contribution in [-0.2, 0) is 16.0 Å². The molecule has 0 aliphatic carbocycles. The molecule has 0 saturated heterocycles. The monoisotopic (exact) mass is 296 g/mol. The van der Waals surface area contributed by atoms with E-state index in [-0.39, 0.29) is 6.54 Å². The van der Waals surface area contributed by atoms with Gasteiger partial charge >= 0.3 is 12.0 Å². The summed E-state index contributed by atoms with van der Waals surface area (Å²) in [7, 11) is 2.88. The fourth-order valence-electron chi connectivity index (χ4n) is 1.63. The molecule has 7 heteroatoms. The van der Waals surface area contributed by atoms with Crippen molar-refractivity contribution in [2.75, 3.05) is 27.3 Å². The maximum atomic E-state index is 11.5. The molecule has 0 saturated carbocycles. The fourth-order valence-corrected chi connectivity index (χ4v) is 1.63. The van der Waals surface area contributed by atoms with Crippen LogP contribution in [0.25, 0.3) is 0 Å². The van der Waals surface area contributed by atoms with Gasteiger partial charge in [-0.3, -0.25) is 0 Å². The van der Waals surface area contributed by atoms with E-state index < -0.39 is 18.1 Å². The molecule has 1 rings (SSSR count). The molecule has 1 unspecified atom stereocenters. The molecule has 0 spiro atoms. The number of methoxy groups -OCH3 is 2. The summed E-state index contributed by atoms with van der Waals surface area (Å²) in [6, 6.07) is 7.12. The molecule has 116 valence electrons. The van der Waals surface area contributed by atoms with Gasteiger partial charge in [0.05, 0.1) is 13.7 Å². The van der Waals surface area contributed by atoms with Crippen LogP contribution >= 0.6 is 0 Å². The molecule has 1 aromatic rings. The highest BCUT2D eigenvalue weighted by molar-refractivity contribution is 5.76. The van der Waals surface area contributed by atoms with Gasteiger partial charge in [0.2, 0.25) is 0 Å². The number of aliphatic carboxylic acids is 1. The predicted octanol–water partition coefficient (Wildman–Crippen LogP) is 0.636. The maximum Gasteiger partial charge on any atom is 0.334 e. The summed E-state index contributed by atoms with van der Waals surface area (Å²) >= 11 is 0. The minimum absolute atomic E-state index is 0.0831. The van der Waals surface area contributed by atoms with Crippen molar-refractivity contribution in [2.45, 2.75) is 12.5 Å². The van der Waals surface area contributed by atoms with Gasteiger partial charge < -0.3 is 25.2 Å². The number of urea groups is 1. The third-order valence-electron chi connectivity index (χ3n) is 2.87. The van der Waals surface area contributed by atoms with E-state index in [9.17, 15) is 9.59 Å². The number of carboxylic acids is 1. The Morgan fingerprint density at radius 1 is 1.19 bits per heavy atom. The van der Waals surface area contributed by atoms with Gasteiger partial charge in [0, 0.05) is 13.7 Å². The van der Waals surface area contributed by atoms with Crippen LogP contribution in [0.4, 0.5) is 4.79 Å². The van der Waals surface area contributed by atoms with Gasteiger partial charge in [-0.2, -0.15) is 0 Å². The number of rotatable bonds is 8. The number of nitrogens with one attached hydrogen (secondary N) is 2. The van der Waals surface area contributed by atoms with Crippen molar-refractivity contribution in [2.24, 2.45) is 0 Å². The van der Waals surface area contributed by atoms with Crippen molar-refractivity contribution < 1.29 is 24.2 Å². The second kappa shape index (κ2) is 8.80. The first-order valence-corrected chi connectivity index (χ1v) is 6.47. The Bertz CT molecular complexity index is 461. The summed E-state index contributed by atoms with van der Waals surface area (Å²) in [6.45, 7) is 0.364. The molecule has 0 aliphatic heterocycles. The van der Waals surface area contributed by atoms with Gasteiger partial charge in [-0.15, -0.1) is 0 Å². The number of carbonyl (C=O) groups excluding carboxylic acids is 1. The Kier molecular flexibility index (Phi) is 7.03. The molecule has 2 amide bonds. The number of hydrogen-bond acceptors (Lipinski definition) is 4. The molecule has 3 N–H and O–H groups in total. The number of carboxylic acid groups (broad SMARTS) is 1. The minimum Gasteiger partial charge on any atom is -0.497 e. The first kappa shape index (κ1) is 16.8. The molecule has 1 atom stereocenters. The van der Waals surface area contributed by atoms with Gasteiger partial charge in [0.15, 0.2) is 6.10 Å². The minimum atomic E-state index is -1.11. The topological polar surface area (TPSA) is 96.9 Å². The highest BCUT2D eigenvalue weighted by Crippen LogP contribution is 2.11. The molecule has 7 nitrogen and oxygen atoms in total. The van der Waals surface area contributed by atoms with Gasteiger partial charge in [0.1, 0.15) is 5.75 Å². The van der Waals surface area contributed by atoms with Crippen molar-refractivity contribution >= 4 is 12.0 Å². The largest absolute Gasteiger partial charge is 0.497 e. The lowest BCUT2D eigenvalue weighted by Gasteiger charge is -2.12. The van der Waals surface area contributed by atoms with Crippen molar-refractivity contribution in [3.05, 3.63) is 29.8 Å². The van der Waals surface area contributed by atoms with Gasteiger partial charge in [-0.05, 0) is 24.1 Å². The lowest BCUT2D eigenvalue weighted by Crippen LogP contribution is -2.43. The van der Waals surface area contributed by atoms with E-state index in [0.717, 1.165) is 11.3 Å². The molecule has 0 bridgehead atoms. The fraction of sp³-hybridized carbons (Fsp3) is 0.429. The van der Waals surface area contributed by atoms with Crippen LogP contribution in [0, 0.1) is 0 Å². The molecule has 1 aromatic carbocycles. The zero-order chi connectivity index (χ0) is 15.7. The number of benzene rings is 1. The van der Waals surface area contributed by atoms with Crippen LogP contribution in [0.2, 0.25) is 0 Å². The standard InChI is InChI=1S/C14H20N2O5/c1-20-11-5-3-10(4-6-11)7-8-15-14(19)16-9-12(21-2)13(17)18/h3-6,12H,7-9H2,1-2H3,(H,17,18)(H2,15,16,19). The molecule has 0 radical (unpaired) electrons. The molecule has 21 heavy (non-hydrogen) atoms. The molecule has 0 aliphatic rings. The van der Waals surface area contributed by atoms with E-state index in [0.29, 0.717) is 13.0 Å². The average Bonchev–Trinajstić information content (AvgIpc) is 2.48. The Morgan fingerprint density at radius 3 is 2.38 bits per heavy atom. The Hall–Kier alpha value is -2.28. The molecule has 0 aromatic heterocycles. The Labute approximate surface area is 123 Å². The second-order valence-electron chi connectivity index (χ2n) is 4.30. The predicted molar refractivity (Wildman–Crippen MR) is 76.5 cm³/mol. The van der Waals surface area contributed by atoms with Crippen LogP contribution in [0.3, 0.4) is 0 Å². The highest BCUT2D eigenvalue weighted by atomic mass is 16.5. The summed E-state index contributed by atoms with van der Waals surface area (Å²) in [6.07, 6.45) is -0.373. The average molecular weight is 296 g/mol. The SMILES string of the molecule is COc1ccc(CCNC(=O)NCC(OC)C(=O)O)cc1. The zero-order valence-corrected chi connectivity index (χ0v) is 12.1. The summed E-state index contributed by atoms with van der Waals surface area (Å²) < 4.78 is 9.76. The van der Waals surface area contributed by atoms with E-state index in [1.807, 2.05) is 24.3 Å². The van der Waals surface area contributed by atoms with E-state index in [1.54, 1.807) is 7.11 Å². The van der Waals surface area contributed by atoms with E-state index >= 15 is 0 Å². The van der Waals surface area contributed by atoms with E-state index in [1.165, 1.54) is 7.11 Å². The van der Waals surface area contributed by atoms with E-state index in [2.05, 4.69) is 10.6 Å². The number of ether oxygens (including phenoxy) is 2. The summed E-state index contributed by atoms with van der Waals surface area (Å²) in [4.78, 5) is 22.2. The maximum absolute atomic E-state index is 11.5. The van der Waals surface area contributed by atoms with Crippen molar-refractivity contribution in [1.29, 1.82) is 0 Å². The summed E-state index contributed by atoms with van der Waals surface area (Å²) in [5.41, 5.74) is 1.07. The summed E-state index contributed by atoms with van der Waals surface area (Å²) in [5.74, 6) is -0.334. The van der Waals surface area contributed by atoms with Crippen LogP contribution in [0.5, 0.6) is 5.75 Å². The van der Waals surface area contributed by atoms with Crippen molar-refractivity contribution in [3.8, 4) is 5.75 Å². The van der Waals surface area contributed by atoms with Gasteiger partial charge in [-0.25, -0.2) is 9.59 Å². The lowest BCUT2D eigenvalue weighted by atomic mass is 10.1. The molecule has 0 fully saturated rings. The third kappa shape index (κ3) is 6.13. The van der Waals surface area contributed by atoms with Crippen molar-refractivity contribution in [1.82, 2.24) is 10.6 Å². The quantitative estimate of drug-likeness (QED) is 0.654. The van der Waals surface area contributed by atoms with Gasteiger partial charge in [0.25, 0.3) is 0 Å². The van der Waals surface area contributed by atoms with Crippen molar-refractivity contribution in [3.63, 3.8) is 0 Å². The normalized spacial score (nSPS) is 11.5. The number of hydrogen-bond donors (Lipinski definition) is 3. The molecular weight excluding hydrogens is 276 g/mol. The molecular formula is C14H20N2O5. The van der Waals surface area contributed by atoms with Gasteiger partial charge in [-0.1, -0.05) is 12.1 Å². The summed E-state index contributed by atoms with van der Waals surface area (Å²) in [5, 5.41) is 13.8. The molecule has 0 heterocycles. The van der Waals surface area contributed by atoms with Crippen LogP contribution < -0.4 is 15.4 Å². The van der Waals surface area contributed by atoms with Crippen LogP contribution in [-0.4, -0.2) is 50.5 Å². The van der Waals surface area contributed by atoms with Crippen LogP contribution in [0.15, 0.2) is 24.3 Å². The smallest absolute Gasteiger partial charge is 0.334 e. The zero-order valence-electron chi connectivity index (χ0n) is 12.1. The number of carbonyl (C=O) groups is 2. The first-order valence-electron chi connectivity index (χ1n) is 6.47. The van der Waals surface area contributed by atoms with E-state index in [4.69, 9.17) is 14.6 Å². The third-order valence-corrected chi connectivity index (χ3v) is 2.87. The second-order valence-corrected chi connectivity index (χ2v) is 4.30. The Morgan fingerprint density at radius 2 is 1.86 bits per heavy atom.